The van der Waals surface area contributed by atoms with Crippen LogP contribution in [0.2, 0.25) is 0 Å². The van der Waals surface area contributed by atoms with Gasteiger partial charge in [-0.2, -0.15) is 18.3 Å². The normalized spacial score (nSPS) is 13.9. The molecule has 0 aliphatic heterocycles. The predicted molar refractivity (Wildman–Crippen MR) is 142 cm³/mol. The van der Waals surface area contributed by atoms with Gasteiger partial charge in [-0.15, -0.1) is 0 Å². The fourth-order valence-electron chi connectivity index (χ4n) is 4.33. The molecule has 3 N–H and O–H groups in total. The molecule has 0 unspecified atom stereocenters. The largest absolute Gasteiger partial charge is 0.435 e. The summed E-state index contributed by atoms with van der Waals surface area (Å²) in [6.07, 6.45) is 0.551. The molecular weight excluding hydrogens is 508 g/mol. The predicted octanol–water partition coefficient (Wildman–Crippen LogP) is 6.97. The summed E-state index contributed by atoms with van der Waals surface area (Å²) in [7, 11) is 0. The van der Waals surface area contributed by atoms with Crippen molar-refractivity contribution in [3.63, 3.8) is 0 Å². The summed E-state index contributed by atoms with van der Waals surface area (Å²) in [6, 6.07) is 21.0. The van der Waals surface area contributed by atoms with Crippen LogP contribution in [-0.2, 0) is 12.7 Å². The van der Waals surface area contributed by atoms with Gasteiger partial charge in [-0.3, -0.25) is 4.79 Å². The zero-order chi connectivity index (χ0) is 27.6. The number of allylic oxidation sites excluding steroid dienone is 1. The third-order valence-electron chi connectivity index (χ3n) is 6.59. The van der Waals surface area contributed by atoms with Crippen molar-refractivity contribution in [1.82, 2.24) is 9.78 Å². The molecular formula is C30H26F4N4O. The van der Waals surface area contributed by atoms with Gasteiger partial charge in [0.1, 0.15) is 11.5 Å². The van der Waals surface area contributed by atoms with Gasteiger partial charge in [0, 0.05) is 12.6 Å². The van der Waals surface area contributed by atoms with Crippen molar-refractivity contribution in [2.45, 2.75) is 32.0 Å². The van der Waals surface area contributed by atoms with E-state index in [0.29, 0.717) is 23.1 Å². The minimum absolute atomic E-state index is 0.150. The van der Waals surface area contributed by atoms with Crippen molar-refractivity contribution in [3.8, 4) is 5.69 Å². The Bertz CT molecular complexity index is 1520. The second kappa shape index (κ2) is 10.9. The van der Waals surface area contributed by atoms with E-state index in [-0.39, 0.29) is 17.9 Å². The monoisotopic (exact) mass is 534 g/mol. The molecule has 0 atom stereocenters. The highest BCUT2D eigenvalue weighted by Crippen LogP contribution is 2.36. The lowest BCUT2D eigenvalue weighted by atomic mass is 9.96. The van der Waals surface area contributed by atoms with E-state index in [9.17, 15) is 22.4 Å². The lowest BCUT2D eigenvalue weighted by Gasteiger charge is -2.13. The summed E-state index contributed by atoms with van der Waals surface area (Å²) in [5.41, 5.74) is 7.27. The summed E-state index contributed by atoms with van der Waals surface area (Å²) >= 11 is 0. The molecule has 1 saturated carbocycles. The molecule has 0 radical (unpaired) electrons. The number of hydrogen-bond acceptors (Lipinski definition) is 3. The molecule has 0 bridgehead atoms. The van der Waals surface area contributed by atoms with Gasteiger partial charge in [0.15, 0.2) is 5.69 Å². The van der Waals surface area contributed by atoms with E-state index in [0.717, 1.165) is 22.2 Å². The van der Waals surface area contributed by atoms with Gasteiger partial charge in [-0.25, -0.2) is 9.07 Å². The zero-order valence-electron chi connectivity index (χ0n) is 20.9. The van der Waals surface area contributed by atoms with Gasteiger partial charge in [-0.1, -0.05) is 54.6 Å². The van der Waals surface area contributed by atoms with Crippen LogP contribution in [0.15, 0.2) is 84.9 Å². The van der Waals surface area contributed by atoms with E-state index >= 15 is 0 Å². The Hall–Kier alpha value is -4.24. The van der Waals surface area contributed by atoms with Crippen LogP contribution in [0.5, 0.6) is 0 Å². The average Bonchev–Trinajstić information content (AvgIpc) is 3.64. The Morgan fingerprint density at radius 1 is 1.00 bits per heavy atom. The number of rotatable bonds is 8. The van der Waals surface area contributed by atoms with Crippen LogP contribution in [0.3, 0.4) is 0 Å². The van der Waals surface area contributed by atoms with Gasteiger partial charge in [0.05, 0.1) is 11.4 Å². The number of benzene rings is 3. The molecule has 1 aliphatic carbocycles. The lowest BCUT2D eigenvalue weighted by molar-refractivity contribution is -0.141. The molecule has 5 rings (SSSR count). The standard InChI is InChI=1S/C30H26F4N4O/c31-25-14-12-22(24(13-11-19-9-10-19)21-6-2-1-3-7-21)16-26(25)36-29(39)27-17-28(30(32,33)34)37-38(27)23-8-4-5-20(15-23)18-35/h1-8,12-17,19H,9-11,18,35H2,(H,36,39). The Balaban J connectivity index is 1.51. The molecule has 200 valence electrons. The molecule has 39 heavy (non-hydrogen) atoms. The Labute approximate surface area is 223 Å². The summed E-state index contributed by atoms with van der Waals surface area (Å²) in [5, 5.41) is 6.09. The second-order valence-electron chi connectivity index (χ2n) is 9.51. The van der Waals surface area contributed by atoms with E-state index in [1.54, 1.807) is 24.3 Å². The van der Waals surface area contributed by atoms with Crippen LogP contribution in [0.4, 0.5) is 23.2 Å². The molecule has 4 aromatic rings. The number of nitrogens with one attached hydrogen (secondary N) is 1. The number of carbonyl (C=O) groups excluding carboxylic acids is 1. The third-order valence-corrected chi connectivity index (χ3v) is 6.59. The minimum atomic E-state index is -4.78. The van der Waals surface area contributed by atoms with Crippen LogP contribution in [-0.4, -0.2) is 15.7 Å². The lowest BCUT2D eigenvalue weighted by Crippen LogP contribution is -2.18. The Morgan fingerprint density at radius 2 is 1.77 bits per heavy atom. The van der Waals surface area contributed by atoms with E-state index in [2.05, 4.69) is 16.5 Å². The number of amides is 1. The molecule has 1 fully saturated rings. The van der Waals surface area contributed by atoms with Crippen LogP contribution in [0, 0.1) is 11.7 Å². The maximum Gasteiger partial charge on any atom is 0.435 e. The van der Waals surface area contributed by atoms with Gasteiger partial charge in [0.25, 0.3) is 5.91 Å². The van der Waals surface area contributed by atoms with Gasteiger partial charge in [0.2, 0.25) is 0 Å². The first-order valence-electron chi connectivity index (χ1n) is 12.6. The number of carbonyl (C=O) groups is 1. The van der Waals surface area contributed by atoms with E-state index in [1.807, 2.05) is 30.3 Å². The number of aromatic nitrogens is 2. The minimum Gasteiger partial charge on any atom is -0.326 e. The van der Waals surface area contributed by atoms with Crippen molar-refractivity contribution >= 4 is 17.2 Å². The van der Waals surface area contributed by atoms with Crippen molar-refractivity contribution < 1.29 is 22.4 Å². The molecule has 1 heterocycles. The fourth-order valence-corrected chi connectivity index (χ4v) is 4.33. The van der Waals surface area contributed by atoms with Gasteiger partial charge >= 0.3 is 6.18 Å². The molecule has 1 amide bonds. The fraction of sp³-hybridized carbons (Fsp3) is 0.200. The van der Waals surface area contributed by atoms with Crippen LogP contribution < -0.4 is 11.1 Å². The van der Waals surface area contributed by atoms with Crippen LogP contribution in [0.1, 0.15) is 52.1 Å². The zero-order valence-corrected chi connectivity index (χ0v) is 20.9. The smallest absolute Gasteiger partial charge is 0.326 e. The van der Waals surface area contributed by atoms with Crippen LogP contribution >= 0.6 is 0 Å². The quantitative estimate of drug-likeness (QED) is 0.240. The maximum atomic E-state index is 14.9. The summed E-state index contributed by atoms with van der Waals surface area (Å²) in [5.74, 6) is -1.02. The second-order valence-corrected chi connectivity index (χ2v) is 9.51. The molecule has 5 nitrogen and oxygen atoms in total. The van der Waals surface area contributed by atoms with E-state index in [1.165, 1.54) is 31.0 Å². The van der Waals surface area contributed by atoms with Crippen molar-refractivity contribution in [2.24, 2.45) is 11.7 Å². The van der Waals surface area contributed by atoms with Crippen molar-refractivity contribution in [1.29, 1.82) is 0 Å². The first kappa shape index (κ1) is 26.4. The van der Waals surface area contributed by atoms with E-state index < -0.39 is 29.3 Å². The summed E-state index contributed by atoms with van der Waals surface area (Å²) in [4.78, 5) is 13.3. The first-order chi connectivity index (χ1) is 18.7. The highest BCUT2D eigenvalue weighted by Gasteiger charge is 2.36. The van der Waals surface area contributed by atoms with Crippen molar-refractivity contribution in [2.75, 3.05) is 5.32 Å². The molecule has 1 aromatic heterocycles. The molecule has 9 heteroatoms. The maximum absolute atomic E-state index is 14.9. The Morgan fingerprint density at radius 3 is 2.46 bits per heavy atom. The highest BCUT2D eigenvalue weighted by atomic mass is 19.4. The van der Waals surface area contributed by atoms with E-state index in [4.69, 9.17) is 5.73 Å². The number of anilines is 1. The van der Waals surface area contributed by atoms with Gasteiger partial charge in [-0.05, 0) is 71.7 Å². The summed E-state index contributed by atoms with van der Waals surface area (Å²) in [6.45, 7) is 0.152. The number of alkyl halides is 3. The first-order valence-corrected chi connectivity index (χ1v) is 12.6. The average molecular weight is 535 g/mol. The summed E-state index contributed by atoms with van der Waals surface area (Å²) < 4.78 is 56.4. The molecule has 0 spiro atoms. The molecule has 1 aliphatic rings. The third kappa shape index (κ3) is 6.09. The molecule has 0 saturated heterocycles. The number of nitrogens with two attached hydrogens (primary N) is 1. The topological polar surface area (TPSA) is 72.9 Å². The Kier molecular flexibility index (Phi) is 7.34. The SMILES string of the molecule is NCc1cccc(-n2nc(C(F)(F)F)cc2C(=O)Nc2cc(C(=CCC3CC3)c3ccccc3)ccc2F)c1. The van der Waals surface area contributed by atoms with Crippen molar-refractivity contribution in [3.05, 3.63) is 119 Å². The van der Waals surface area contributed by atoms with Gasteiger partial charge < -0.3 is 11.1 Å². The number of halogens is 4. The highest BCUT2D eigenvalue weighted by molar-refractivity contribution is 6.04. The van der Waals surface area contributed by atoms with Crippen LogP contribution in [0.25, 0.3) is 11.3 Å². The number of hydrogen-bond donors (Lipinski definition) is 2. The number of nitrogens with zero attached hydrogens (tertiary/aromatic N) is 2. The molecule has 3 aromatic carbocycles.